The number of hydrogen-bond donors (Lipinski definition) is 1. The van der Waals surface area contributed by atoms with Gasteiger partial charge in [0.15, 0.2) is 0 Å². The number of rotatable bonds is 2. The number of benzene rings is 1. The van der Waals surface area contributed by atoms with Crippen molar-refractivity contribution in [1.82, 2.24) is 10.1 Å². The Balaban J connectivity index is 1.73. The van der Waals surface area contributed by atoms with Crippen LogP contribution in [0.3, 0.4) is 0 Å². The molecule has 104 valence electrons. The van der Waals surface area contributed by atoms with Gasteiger partial charge in [-0.3, -0.25) is 0 Å². The molecule has 0 unspecified atom stereocenters. The molecule has 0 aliphatic carbocycles. The number of nitrogens with zero attached hydrogens (tertiary/aromatic N) is 2. The van der Waals surface area contributed by atoms with Crippen LogP contribution in [0, 0.1) is 6.92 Å². The number of amides is 2. The van der Waals surface area contributed by atoms with Crippen molar-refractivity contribution in [2.75, 3.05) is 11.9 Å². The lowest BCUT2D eigenvalue weighted by Gasteiger charge is -2.23. The second-order valence-electron chi connectivity index (χ2n) is 5.01. The van der Waals surface area contributed by atoms with E-state index in [9.17, 15) is 4.79 Å². The number of aromatic nitrogens is 1. The van der Waals surface area contributed by atoms with Crippen LogP contribution in [-0.4, -0.2) is 22.6 Å². The summed E-state index contributed by atoms with van der Waals surface area (Å²) in [6.07, 6.45) is 1.91. The van der Waals surface area contributed by atoms with Gasteiger partial charge in [-0.1, -0.05) is 23.4 Å². The molecule has 1 aliphatic heterocycles. The molecule has 0 spiro atoms. The van der Waals surface area contributed by atoms with E-state index in [4.69, 9.17) is 4.52 Å². The first-order chi connectivity index (χ1) is 9.74. The molecule has 2 aromatic rings. The van der Waals surface area contributed by atoms with Crippen molar-refractivity contribution in [1.29, 1.82) is 0 Å². The van der Waals surface area contributed by atoms with Gasteiger partial charge in [0.25, 0.3) is 0 Å². The van der Waals surface area contributed by atoms with Crippen LogP contribution in [0.2, 0.25) is 0 Å². The molecule has 0 radical (unpaired) electrons. The number of anilines is 1. The number of likely N-dealkylation sites (tertiary alicyclic amines) is 1. The van der Waals surface area contributed by atoms with Crippen LogP contribution in [0.1, 0.15) is 30.3 Å². The summed E-state index contributed by atoms with van der Waals surface area (Å²) < 4.78 is 5.11. The third kappa shape index (κ3) is 2.52. The molecule has 1 aromatic heterocycles. The van der Waals surface area contributed by atoms with Crippen molar-refractivity contribution in [2.24, 2.45) is 0 Å². The number of hydrogen-bond acceptors (Lipinski definition) is 3. The Hall–Kier alpha value is -2.30. The molecule has 20 heavy (non-hydrogen) atoms. The first-order valence-electron chi connectivity index (χ1n) is 6.80. The van der Waals surface area contributed by atoms with Crippen molar-refractivity contribution in [3.8, 4) is 0 Å². The molecular formula is C15H17N3O2. The normalized spacial score (nSPS) is 18.2. The quantitative estimate of drug-likeness (QED) is 0.911. The smallest absolute Gasteiger partial charge is 0.322 e. The van der Waals surface area contributed by atoms with Crippen molar-refractivity contribution in [3.05, 3.63) is 47.9 Å². The minimum atomic E-state index is -0.0839. The van der Waals surface area contributed by atoms with Crippen molar-refractivity contribution in [3.63, 3.8) is 0 Å². The van der Waals surface area contributed by atoms with Crippen LogP contribution in [0.5, 0.6) is 0 Å². The lowest BCUT2D eigenvalue weighted by atomic mass is 10.1. The Morgan fingerprint density at radius 1 is 1.40 bits per heavy atom. The van der Waals surface area contributed by atoms with Crippen LogP contribution < -0.4 is 5.32 Å². The van der Waals surface area contributed by atoms with E-state index >= 15 is 0 Å². The summed E-state index contributed by atoms with van der Waals surface area (Å²) in [5.74, 6) is 0.773. The molecule has 0 saturated carbocycles. The minimum Gasteiger partial charge on any atom is -0.361 e. The molecule has 2 heterocycles. The summed E-state index contributed by atoms with van der Waals surface area (Å²) in [7, 11) is 0. The van der Waals surface area contributed by atoms with Gasteiger partial charge >= 0.3 is 6.03 Å². The second kappa shape index (κ2) is 5.36. The number of aryl methyl sites for hydroxylation is 1. The largest absolute Gasteiger partial charge is 0.361 e. The molecule has 1 N–H and O–H groups in total. The standard InChI is InChI=1S/C15H17N3O2/c1-11-10-13(17-20-11)14-8-5-9-18(14)15(19)16-12-6-3-2-4-7-12/h2-4,6-7,10,14H,5,8-9H2,1H3,(H,16,19)/t14-/m1/s1. The van der Waals surface area contributed by atoms with Crippen LogP contribution in [0.25, 0.3) is 0 Å². The van der Waals surface area contributed by atoms with Gasteiger partial charge in [-0.15, -0.1) is 0 Å². The average molecular weight is 271 g/mol. The van der Waals surface area contributed by atoms with Gasteiger partial charge in [-0.2, -0.15) is 0 Å². The fraction of sp³-hybridized carbons (Fsp3) is 0.333. The van der Waals surface area contributed by atoms with Gasteiger partial charge in [-0.25, -0.2) is 4.79 Å². The fourth-order valence-corrected chi connectivity index (χ4v) is 2.58. The molecule has 2 amide bonds. The van der Waals surface area contributed by atoms with E-state index in [0.717, 1.165) is 36.5 Å². The summed E-state index contributed by atoms with van der Waals surface area (Å²) in [5.41, 5.74) is 1.64. The van der Waals surface area contributed by atoms with E-state index in [-0.39, 0.29) is 12.1 Å². The SMILES string of the molecule is Cc1cc([C@H]2CCCN2C(=O)Nc2ccccc2)no1. The summed E-state index contributed by atoms with van der Waals surface area (Å²) in [6, 6.07) is 11.3. The van der Waals surface area contributed by atoms with Crippen LogP contribution in [-0.2, 0) is 0 Å². The van der Waals surface area contributed by atoms with Crippen molar-refractivity contribution >= 4 is 11.7 Å². The van der Waals surface area contributed by atoms with Gasteiger partial charge in [0.05, 0.1) is 6.04 Å². The Bertz CT molecular complexity index is 594. The third-order valence-electron chi connectivity index (χ3n) is 3.53. The topological polar surface area (TPSA) is 58.4 Å². The number of carbonyl (C=O) groups is 1. The van der Waals surface area contributed by atoms with E-state index in [1.54, 1.807) is 0 Å². The number of carbonyl (C=O) groups excluding carboxylic acids is 1. The minimum absolute atomic E-state index is 0.0103. The lowest BCUT2D eigenvalue weighted by molar-refractivity contribution is 0.204. The van der Waals surface area contributed by atoms with Crippen molar-refractivity contribution < 1.29 is 9.32 Å². The van der Waals surface area contributed by atoms with E-state index in [0.29, 0.717) is 0 Å². The average Bonchev–Trinajstić information content (AvgIpc) is 3.08. The molecule has 1 atom stereocenters. The van der Waals surface area contributed by atoms with E-state index in [2.05, 4.69) is 10.5 Å². The maximum absolute atomic E-state index is 12.4. The zero-order valence-corrected chi connectivity index (χ0v) is 11.4. The Morgan fingerprint density at radius 2 is 2.20 bits per heavy atom. The molecule has 5 nitrogen and oxygen atoms in total. The van der Waals surface area contributed by atoms with Crippen LogP contribution >= 0.6 is 0 Å². The molecule has 3 rings (SSSR count). The predicted octanol–water partition coefficient (Wildman–Crippen LogP) is 3.35. The molecule has 1 aromatic carbocycles. The number of urea groups is 1. The highest BCUT2D eigenvalue weighted by atomic mass is 16.5. The maximum atomic E-state index is 12.4. The molecule has 5 heteroatoms. The molecule has 0 bridgehead atoms. The Kier molecular flexibility index (Phi) is 3.41. The zero-order valence-electron chi connectivity index (χ0n) is 11.4. The predicted molar refractivity (Wildman–Crippen MR) is 75.4 cm³/mol. The van der Waals surface area contributed by atoms with Gasteiger partial charge in [0.2, 0.25) is 0 Å². The molecule has 1 fully saturated rings. The van der Waals surface area contributed by atoms with Crippen LogP contribution in [0.4, 0.5) is 10.5 Å². The van der Waals surface area contributed by atoms with Gasteiger partial charge in [0.1, 0.15) is 11.5 Å². The van der Waals surface area contributed by atoms with Gasteiger partial charge < -0.3 is 14.7 Å². The first-order valence-corrected chi connectivity index (χ1v) is 6.80. The Morgan fingerprint density at radius 3 is 2.90 bits per heavy atom. The molecule has 1 saturated heterocycles. The summed E-state index contributed by atoms with van der Waals surface area (Å²) in [6.45, 7) is 2.61. The first kappa shape index (κ1) is 12.7. The van der Waals surface area contributed by atoms with Crippen LogP contribution in [0.15, 0.2) is 40.9 Å². The zero-order chi connectivity index (χ0) is 13.9. The highest BCUT2D eigenvalue weighted by Crippen LogP contribution is 2.31. The van der Waals surface area contributed by atoms with Gasteiger partial charge in [0, 0.05) is 18.3 Å². The number of nitrogens with one attached hydrogen (secondary N) is 1. The summed E-state index contributed by atoms with van der Waals surface area (Å²) in [4.78, 5) is 14.2. The summed E-state index contributed by atoms with van der Waals surface area (Å²) in [5, 5.41) is 6.96. The van der Waals surface area contributed by atoms with E-state index in [1.165, 1.54) is 0 Å². The lowest BCUT2D eigenvalue weighted by Crippen LogP contribution is -2.34. The van der Waals surface area contributed by atoms with E-state index < -0.39 is 0 Å². The Labute approximate surface area is 117 Å². The van der Waals surface area contributed by atoms with Crippen molar-refractivity contribution in [2.45, 2.75) is 25.8 Å². The highest BCUT2D eigenvalue weighted by molar-refractivity contribution is 5.89. The molecule has 1 aliphatic rings. The van der Waals surface area contributed by atoms with E-state index in [1.807, 2.05) is 48.2 Å². The third-order valence-corrected chi connectivity index (χ3v) is 3.53. The fourth-order valence-electron chi connectivity index (χ4n) is 2.58. The van der Waals surface area contributed by atoms with Gasteiger partial charge in [-0.05, 0) is 31.9 Å². The second-order valence-corrected chi connectivity index (χ2v) is 5.01. The summed E-state index contributed by atoms with van der Waals surface area (Å²) >= 11 is 0. The maximum Gasteiger partial charge on any atom is 0.322 e. The monoisotopic (exact) mass is 271 g/mol. The highest BCUT2D eigenvalue weighted by Gasteiger charge is 2.32. The number of para-hydroxylation sites is 1. The molecular weight excluding hydrogens is 254 g/mol.